The molecule has 2 rings (SSSR count). The topological polar surface area (TPSA) is 60.8 Å². The van der Waals surface area contributed by atoms with Crippen LogP contribution < -0.4 is 0 Å². The van der Waals surface area contributed by atoms with Gasteiger partial charge in [0.15, 0.2) is 0 Å². The highest BCUT2D eigenvalue weighted by Gasteiger charge is 2.21. The predicted octanol–water partition coefficient (Wildman–Crippen LogP) is 1.20. The highest BCUT2D eigenvalue weighted by atomic mass is 16.4. The van der Waals surface area contributed by atoms with Gasteiger partial charge in [0.25, 0.3) is 0 Å². The number of rotatable bonds is 4. The summed E-state index contributed by atoms with van der Waals surface area (Å²) in [5, 5.41) is 18.0. The van der Waals surface area contributed by atoms with Crippen molar-refractivity contribution in [3.8, 4) is 0 Å². The number of likely N-dealkylation sites (tertiary alicyclic amines) is 1. The fourth-order valence-corrected chi connectivity index (χ4v) is 2.27. The van der Waals surface area contributed by atoms with E-state index in [1.165, 1.54) is 0 Å². The van der Waals surface area contributed by atoms with E-state index in [2.05, 4.69) is 4.90 Å². The van der Waals surface area contributed by atoms with E-state index in [4.69, 9.17) is 10.2 Å². The molecule has 17 heavy (non-hydrogen) atoms. The third kappa shape index (κ3) is 3.05. The second kappa shape index (κ2) is 5.29. The van der Waals surface area contributed by atoms with Crippen LogP contribution in [0.2, 0.25) is 0 Å². The zero-order valence-corrected chi connectivity index (χ0v) is 9.67. The van der Waals surface area contributed by atoms with E-state index < -0.39 is 5.97 Å². The minimum Gasteiger partial charge on any atom is -0.478 e. The molecule has 0 aromatic heterocycles. The number of benzene rings is 1. The van der Waals surface area contributed by atoms with Gasteiger partial charge in [0.1, 0.15) is 0 Å². The lowest BCUT2D eigenvalue weighted by Crippen LogP contribution is -2.21. The van der Waals surface area contributed by atoms with Crippen LogP contribution in [0.3, 0.4) is 0 Å². The number of carboxylic acids is 1. The van der Waals surface area contributed by atoms with E-state index in [9.17, 15) is 4.79 Å². The van der Waals surface area contributed by atoms with E-state index in [-0.39, 0.29) is 6.61 Å². The van der Waals surface area contributed by atoms with E-state index >= 15 is 0 Å². The van der Waals surface area contributed by atoms with E-state index in [0.717, 1.165) is 31.6 Å². The number of hydrogen-bond acceptors (Lipinski definition) is 3. The molecule has 92 valence electrons. The highest BCUT2D eigenvalue weighted by Crippen LogP contribution is 2.18. The molecule has 0 aliphatic carbocycles. The molecule has 0 amide bonds. The fraction of sp³-hybridized carbons (Fsp3) is 0.462. The van der Waals surface area contributed by atoms with Gasteiger partial charge >= 0.3 is 5.97 Å². The molecule has 1 atom stereocenters. The van der Waals surface area contributed by atoms with E-state index in [0.29, 0.717) is 11.5 Å². The Morgan fingerprint density at radius 3 is 2.94 bits per heavy atom. The number of carbonyl (C=O) groups is 1. The van der Waals surface area contributed by atoms with Gasteiger partial charge in [-0.15, -0.1) is 0 Å². The van der Waals surface area contributed by atoms with Crippen molar-refractivity contribution in [2.45, 2.75) is 13.0 Å². The Hall–Kier alpha value is -1.39. The maximum atomic E-state index is 10.8. The van der Waals surface area contributed by atoms with Gasteiger partial charge in [0.2, 0.25) is 0 Å². The van der Waals surface area contributed by atoms with Gasteiger partial charge in [0.05, 0.1) is 5.56 Å². The first-order valence-electron chi connectivity index (χ1n) is 5.84. The predicted molar refractivity (Wildman–Crippen MR) is 63.9 cm³/mol. The second-order valence-electron chi connectivity index (χ2n) is 4.58. The maximum Gasteiger partial charge on any atom is 0.335 e. The van der Waals surface area contributed by atoms with Crippen LogP contribution in [-0.4, -0.2) is 40.8 Å². The number of carboxylic acid groups (broad SMARTS) is 1. The van der Waals surface area contributed by atoms with E-state index in [1.54, 1.807) is 18.2 Å². The first-order valence-corrected chi connectivity index (χ1v) is 5.84. The first-order chi connectivity index (χ1) is 8.19. The molecule has 1 unspecified atom stereocenters. The van der Waals surface area contributed by atoms with Gasteiger partial charge in [-0.3, -0.25) is 4.90 Å². The van der Waals surface area contributed by atoms with E-state index in [1.807, 2.05) is 6.07 Å². The highest BCUT2D eigenvalue weighted by molar-refractivity contribution is 5.87. The lowest BCUT2D eigenvalue weighted by Gasteiger charge is -2.15. The SMILES string of the molecule is O=C(O)c1cccc(CN2CCC(CO)C2)c1. The zero-order chi connectivity index (χ0) is 12.3. The maximum absolute atomic E-state index is 10.8. The van der Waals surface area contributed by atoms with Gasteiger partial charge in [-0.1, -0.05) is 12.1 Å². The lowest BCUT2D eigenvalue weighted by atomic mass is 10.1. The van der Waals surface area contributed by atoms with Gasteiger partial charge in [-0.2, -0.15) is 0 Å². The molecule has 1 aliphatic rings. The molecule has 0 radical (unpaired) electrons. The van der Waals surface area contributed by atoms with Gasteiger partial charge < -0.3 is 10.2 Å². The normalized spacial score (nSPS) is 20.6. The first kappa shape index (κ1) is 12.1. The molecule has 4 nitrogen and oxygen atoms in total. The minimum atomic E-state index is -0.887. The Bertz CT molecular complexity index is 405. The van der Waals surface area contributed by atoms with Crippen molar-refractivity contribution in [1.29, 1.82) is 0 Å². The number of aromatic carboxylic acids is 1. The Balaban J connectivity index is 1.99. The van der Waals surface area contributed by atoms with Crippen molar-refractivity contribution < 1.29 is 15.0 Å². The zero-order valence-electron chi connectivity index (χ0n) is 9.67. The summed E-state index contributed by atoms with van der Waals surface area (Å²) in [6, 6.07) is 7.04. The quantitative estimate of drug-likeness (QED) is 0.823. The third-order valence-electron chi connectivity index (χ3n) is 3.21. The molecule has 4 heteroatoms. The number of aliphatic hydroxyl groups excluding tert-OH is 1. The summed E-state index contributed by atoms with van der Waals surface area (Å²) in [5.74, 6) is -0.515. The van der Waals surface area contributed by atoms with Crippen LogP contribution in [-0.2, 0) is 6.54 Å². The summed E-state index contributed by atoms with van der Waals surface area (Å²) in [4.78, 5) is 13.1. The van der Waals surface area contributed by atoms with Crippen LogP contribution in [0.1, 0.15) is 22.3 Å². The smallest absolute Gasteiger partial charge is 0.335 e. The van der Waals surface area contributed by atoms with Crippen molar-refractivity contribution in [2.24, 2.45) is 5.92 Å². The fourth-order valence-electron chi connectivity index (χ4n) is 2.27. The molecule has 1 heterocycles. The minimum absolute atomic E-state index is 0.242. The Kier molecular flexibility index (Phi) is 3.76. The summed E-state index contributed by atoms with van der Waals surface area (Å²) >= 11 is 0. The van der Waals surface area contributed by atoms with Crippen molar-refractivity contribution >= 4 is 5.97 Å². The summed E-state index contributed by atoms with van der Waals surface area (Å²) in [7, 11) is 0. The van der Waals surface area contributed by atoms with Gasteiger partial charge in [-0.25, -0.2) is 4.79 Å². The standard InChI is InChI=1S/C13H17NO3/c15-9-11-4-5-14(8-11)7-10-2-1-3-12(6-10)13(16)17/h1-3,6,11,15H,4-5,7-9H2,(H,16,17). The molecule has 1 fully saturated rings. The summed E-state index contributed by atoms with van der Waals surface area (Å²) in [6.07, 6.45) is 1.02. The second-order valence-corrected chi connectivity index (χ2v) is 4.58. The molecule has 1 aromatic carbocycles. The number of nitrogens with zero attached hydrogens (tertiary/aromatic N) is 1. The van der Waals surface area contributed by atoms with Crippen LogP contribution in [0.4, 0.5) is 0 Å². The van der Waals surface area contributed by atoms with Crippen molar-refractivity contribution in [2.75, 3.05) is 19.7 Å². The lowest BCUT2D eigenvalue weighted by molar-refractivity contribution is 0.0696. The molecular weight excluding hydrogens is 218 g/mol. The van der Waals surface area contributed by atoms with Crippen molar-refractivity contribution in [3.05, 3.63) is 35.4 Å². The third-order valence-corrected chi connectivity index (χ3v) is 3.21. The largest absolute Gasteiger partial charge is 0.478 e. The molecule has 0 saturated carbocycles. The summed E-state index contributed by atoms with van der Waals surface area (Å²) in [5.41, 5.74) is 1.35. The van der Waals surface area contributed by atoms with Crippen LogP contribution in [0.15, 0.2) is 24.3 Å². The molecule has 2 N–H and O–H groups in total. The molecule has 1 aliphatic heterocycles. The Labute approximate surface area is 100 Å². The summed E-state index contributed by atoms with van der Waals surface area (Å²) < 4.78 is 0. The average molecular weight is 235 g/mol. The van der Waals surface area contributed by atoms with Crippen molar-refractivity contribution in [1.82, 2.24) is 4.90 Å². The van der Waals surface area contributed by atoms with Gasteiger partial charge in [0, 0.05) is 19.7 Å². The summed E-state index contributed by atoms with van der Waals surface area (Å²) in [6.45, 7) is 2.87. The van der Waals surface area contributed by atoms with Crippen LogP contribution in [0.25, 0.3) is 0 Å². The number of hydrogen-bond donors (Lipinski definition) is 2. The van der Waals surface area contributed by atoms with Crippen LogP contribution in [0.5, 0.6) is 0 Å². The molecule has 1 saturated heterocycles. The van der Waals surface area contributed by atoms with Crippen LogP contribution in [0, 0.1) is 5.92 Å². The molecule has 0 spiro atoms. The molecule has 0 bridgehead atoms. The molecule has 1 aromatic rings. The monoisotopic (exact) mass is 235 g/mol. The molecular formula is C13H17NO3. The number of aliphatic hydroxyl groups is 1. The van der Waals surface area contributed by atoms with Crippen LogP contribution >= 0.6 is 0 Å². The average Bonchev–Trinajstić information content (AvgIpc) is 2.77. The van der Waals surface area contributed by atoms with Crippen molar-refractivity contribution in [3.63, 3.8) is 0 Å². The Morgan fingerprint density at radius 2 is 2.29 bits per heavy atom. The Morgan fingerprint density at radius 1 is 1.47 bits per heavy atom. The van der Waals surface area contributed by atoms with Gasteiger partial charge in [-0.05, 0) is 36.6 Å².